The molecule has 0 saturated carbocycles. The Morgan fingerprint density at radius 1 is 1.14 bits per heavy atom. The largest absolute Gasteiger partial charge is 0.491 e. The maximum absolute atomic E-state index is 5.73. The fourth-order valence-electron chi connectivity index (χ4n) is 2.46. The number of hydrogen-bond acceptors (Lipinski definition) is 3. The first-order chi connectivity index (χ1) is 9.95. The molecule has 0 radical (unpaired) electrons. The lowest BCUT2D eigenvalue weighted by molar-refractivity contribution is 0.242. The number of benzene rings is 1. The van der Waals surface area contributed by atoms with Crippen molar-refractivity contribution in [1.82, 2.24) is 5.32 Å². The van der Waals surface area contributed by atoms with Gasteiger partial charge in [-0.05, 0) is 58.4 Å². The highest BCUT2D eigenvalue weighted by Gasteiger charge is 2.12. The van der Waals surface area contributed by atoms with Crippen LogP contribution in [0.25, 0.3) is 0 Å². The molecule has 1 N–H and O–H groups in total. The van der Waals surface area contributed by atoms with Gasteiger partial charge in [0.2, 0.25) is 0 Å². The molecule has 0 aliphatic carbocycles. The molecule has 0 fully saturated rings. The highest BCUT2D eigenvalue weighted by Crippen LogP contribution is 2.22. The second-order valence-electron chi connectivity index (χ2n) is 5.79. The third kappa shape index (κ3) is 4.36. The van der Waals surface area contributed by atoms with Crippen molar-refractivity contribution in [3.05, 3.63) is 53.0 Å². The molecular weight excluding hydrogens is 262 g/mol. The van der Waals surface area contributed by atoms with Crippen LogP contribution in [0.3, 0.4) is 0 Å². The summed E-state index contributed by atoms with van der Waals surface area (Å²) in [4.78, 5) is 0. The molecule has 1 heterocycles. The molecule has 1 unspecified atom stereocenters. The molecule has 0 bridgehead atoms. The van der Waals surface area contributed by atoms with Crippen LogP contribution in [0, 0.1) is 13.8 Å². The highest BCUT2D eigenvalue weighted by atomic mass is 16.5. The highest BCUT2D eigenvalue weighted by molar-refractivity contribution is 5.29. The Kier molecular flexibility index (Phi) is 5.07. The third-order valence-electron chi connectivity index (χ3n) is 3.43. The van der Waals surface area contributed by atoms with Crippen molar-refractivity contribution in [2.75, 3.05) is 0 Å². The van der Waals surface area contributed by atoms with E-state index in [0.717, 1.165) is 23.8 Å². The van der Waals surface area contributed by atoms with Crippen LogP contribution >= 0.6 is 0 Å². The fourth-order valence-corrected chi connectivity index (χ4v) is 2.46. The SMILES string of the molecule is Cc1cc(C(C)NCc2cccc(OC(C)C)c2)c(C)o1. The quantitative estimate of drug-likeness (QED) is 0.847. The second kappa shape index (κ2) is 6.81. The molecule has 2 aromatic rings. The van der Waals surface area contributed by atoms with E-state index in [1.807, 2.05) is 39.8 Å². The Bertz CT molecular complexity index is 587. The minimum atomic E-state index is 0.198. The van der Waals surface area contributed by atoms with Gasteiger partial charge in [0.05, 0.1) is 6.10 Å². The monoisotopic (exact) mass is 287 g/mol. The Morgan fingerprint density at radius 3 is 2.52 bits per heavy atom. The lowest BCUT2D eigenvalue weighted by atomic mass is 10.1. The smallest absolute Gasteiger partial charge is 0.120 e. The Labute approximate surface area is 127 Å². The van der Waals surface area contributed by atoms with Gasteiger partial charge in [0.25, 0.3) is 0 Å². The zero-order valence-corrected chi connectivity index (χ0v) is 13.6. The van der Waals surface area contributed by atoms with Gasteiger partial charge in [0.1, 0.15) is 17.3 Å². The zero-order valence-electron chi connectivity index (χ0n) is 13.6. The van der Waals surface area contributed by atoms with E-state index in [1.165, 1.54) is 11.1 Å². The van der Waals surface area contributed by atoms with Gasteiger partial charge < -0.3 is 14.5 Å². The average Bonchev–Trinajstić information content (AvgIpc) is 2.75. The van der Waals surface area contributed by atoms with Gasteiger partial charge in [-0.25, -0.2) is 0 Å². The molecule has 114 valence electrons. The first-order valence-electron chi connectivity index (χ1n) is 7.51. The van der Waals surface area contributed by atoms with E-state index in [9.17, 15) is 0 Å². The summed E-state index contributed by atoms with van der Waals surface area (Å²) < 4.78 is 11.3. The van der Waals surface area contributed by atoms with Crippen molar-refractivity contribution in [2.24, 2.45) is 0 Å². The summed E-state index contributed by atoms with van der Waals surface area (Å²) in [7, 11) is 0. The molecule has 1 aromatic heterocycles. The van der Waals surface area contributed by atoms with Crippen molar-refractivity contribution < 1.29 is 9.15 Å². The molecule has 0 aliphatic rings. The Hall–Kier alpha value is -1.74. The summed E-state index contributed by atoms with van der Waals surface area (Å²) in [6.45, 7) is 11.0. The van der Waals surface area contributed by atoms with Gasteiger partial charge in [0, 0.05) is 18.2 Å². The van der Waals surface area contributed by atoms with Crippen LogP contribution in [0.4, 0.5) is 0 Å². The second-order valence-corrected chi connectivity index (χ2v) is 5.79. The molecule has 2 rings (SSSR count). The Morgan fingerprint density at radius 2 is 1.90 bits per heavy atom. The lowest BCUT2D eigenvalue weighted by Crippen LogP contribution is -2.18. The minimum absolute atomic E-state index is 0.198. The fraction of sp³-hybridized carbons (Fsp3) is 0.444. The van der Waals surface area contributed by atoms with E-state index in [1.54, 1.807) is 0 Å². The molecular formula is C18H25NO2. The van der Waals surface area contributed by atoms with E-state index < -0.39 is 0 Å². The average molecular weight is 287 g/mol. The van der Waals surface area contributed by atoms with Gasteiger partial charge >= 0.3 is 0 Å². The summed E-state index contributed by atoms with van der Waals surface area (Å²) >= 11 is 0. The van der Waals surface area contributed by atoms with Gasteiger partial charge in [-0.2, -0.15) is 0 Å². The summed E-state index contributed by atoms with van der Waals surface area (Å²) in [5.41, 5.74) is 2.44. The topological polar surface area (TPSA) is 34.4 Å². The van der Waals surface area contributed by atoms with Crippen LogP contribution in [-0.4, -0.2) is 6.10 Å². The number of furan rings is 1. The van der Waals surface area contributed by atoms with E-state index in [2.05, 4.69) is 30.4 Å². The normalized spacial score (nSPS) is 12.7. The molecule has 21 heavy (non-hydrogen) atoms. The minimum Gasteiger partial charge on any atom is -0.491 e. The van der Waals surface area contributed by atoms with Crippen molar-refractivity contribution in [3.63, 3.8) is 0 Å². The van der Waals surface area contributed by atoms with Gasteiger partial charge in [-0.3, -0.25) is 0 Å². The first kappa shape index (κ1) is 15.6. The molecule has 3 nitrogen and oxygen atoms in total. The van der Waals surface area contributed by atoms with Gasteiger partial charge in [-0.15, -0.1) is 0 Å². The molecule has 0 saturated heterocycles. The van der Waals surface area contributed by atoms with E-state index >= 15 is 0 Å². The number of nitrogens with one attached hydrogen (secondary N) is 1. The van der Waals surface area contributed by atoms with Gasteiger partial charge in [0.15, 0.2) is 0 Å². The zero-order chi connectivity index (χ0) is 15.4. The Balaban J connectivity index is 1.98. The predicted molar refractivity (Wildman–Crippen MR) is 85.6 cm³/mol. The summed E-state index contributed by atoms with van der Waals surface area (Å²) in [5.74, 6) is 2.88. The van der Waals surface area contributed by atoms with E-state index in [0.29, 0.717) is 0 Å². The molecule has 0 aliphatic heterocycles. The molecule has 0 amide bonds. The van der Waals surface area contributed by atoms with Crippen LogP contribution < -0.4 is 10.1 Å². The van der Waals surface area contributed by atoms with Crippen molar-refractivity contribution in [1.29, 1.82) is 0 Å². The molecule has 3 heteroatoms. The van der Waals surface area contributed by atoms with Crippen LogP contribution in [-0.2, 0) is 6.54 Å². The standard InChI is InChI=1S/C18H25NO2/c1-12(2)20-17-8-6-7-16(10-17)11-19-14(4)18-9-13(3)21-15(18)5/h6-10,12,14,19H,11H2,1-5H3. The lowest BCUT2D eigenvalue weighted by Gasteiger charge is -2.14. The van der Waals surface area contributed by atoms with Crippen LogP contribution in [0.5, 0.6) is 5.75 Å². The number of hydrogen-bond donors (Lipinski definition) is 1. The summed E-state index contributed by atoms with van der Waals surface area (Å²) in [5, 5.41) is 3.53. The van der Waals surface area contributed by atoms with E-state index in [4.69, 9.17) is 9.15 Å². The molecule has 1 aromatic carbocycles. The maximum atomic E-state index is 5.73. The van der Waals surface area contributed by atoms with Crippen molar-refractivity contribution >= 4 is 0 Å². The van der Waals surface area contributed by atoms with Crippen LogP contribution in [0.15, 0.2) is 34.7 Å². The van der Waals surface area contributed by atoms with Crippen LogP contribution in [0.1, 0.15) is 49.5 Å². The van der Waals surface area contributed by atoms with Gasteiger partial charge in [-0.1, -0.05) is 12.1 Å². The summed E-state index contributed by atoms with van der Waals surface area (Å²) in [6.07, 6.45) is 0.198. The van der Waals surface area contributed by atoms with E-state index in [-0.39, 0.29) is 12.1 Å². The predicted octanol–water partition coefficient (Wildman–Crippen LogP) is 4.53. The third-order valence-corrected chi connectivity index (χ3v) is 3.43. The number of aryl methyl sites for hydroxylation is 2. The van der Waals surface area contributed by atoms with Crippen LogP contribution in [0.2, 0.25) is 0 Å². The van der Waals surface area contributed by atoms with Crippen molar-refractivity contribution in [3.8, 4) is 5.75 Å². The van der Waals surface area contributed by atoms with Crippen molar-refractivity contribution in [2.45, 2.75) is 53.3 Å². The summed E-state index contributed by atoms with van der Waals surface area (Å²) in [6, 6.07) is 10.6. The first-order valence-corrected chi connectivity index (χ1v) is 7.51. The molecule has 1 atom stereocenters. The maximum Gasteiger partial charge on any atom is 0.120 e. The number of ether oxygens (including phenoxy) is 1. The number of rotatable bonds is 6. The molecule has 0 spiro atoms.